The van der Waals surface area contributed by atoms with Gasteiger partial charge in [0.2, 0.25) is 0 Å². The Morgan fingerprint density at radius 3 is 3.06 bits per heavy atom. The van der Waals surface area contributed by atoms with Gasteiger partial charge in [0, 0.05) is 19.3 Å². The lowest BCUT2D eigenvalue weighted by Gasteiger charge is -2.08. The Morgan fingerprint density at radius 2 is 2.33 bits per heavy atom. The van der Waals surface area contributed by atoms with Crippen LogP contribution >= 0.6 is 0 Å². The van der Waals surface area contributed by atoms with E-state index in [9.17, 15) is 0 Å². The van der Waals surface area contributed by atoms with Gasteiger partial charge in [0.15, 0.2) is 0 Å². The highest BCUT2D eigenvalue weighted by Gasteiger charge is 2.01. The van der Waals surface area contributed by atoms with Crippen LogP contribution in [0.25, 0.3) is 0 Å². The predicted octanol–water partition coefficient (Wildman–Crippen LogP) is 1.96. The van der Waals surface area contributed by atoms with E-state index >= 15 is 0 Å². The number of hydrogen-bond donors (Lipinski definition) is 1. The molecular weight excluding hydrogens is 226 g/mol. The third-order valence-electron chi connectivity index (χ3n) is 2.65. The highest BCUT2D eigenvalue weighted by molar-refractivity contribution is 5.58. The van der Waals surface area contributed by atoms with Crippen molar-refractivity contribution < 1.29 is 0 Å². The van der Waals surface area contributed by atoms with E-state index < -0.39 is 0 Å². The molecule has 0 fully saturated rings. The van der Waals surface area contributed by atoms with Gasteiger partial charge in [0.05, 0.1) is 17.4 Å². The predicted molar refractivity (Wildman–Crippen MR) is 69.0 cm³/mol. The zero-order valence-corrected chi connectivity index (χ0v) is 10.3. The lowest BCUT2D eigenvalue weighted by molar-refractivity contribution is 0.570. The lowest BCUT2D eigenvalue weighted by Crippen LogP contribution is -2.08. The molecule has 1 aromatic heterocycles. The Bertz CT molecular complexity index is 539. The van der Waals surface area contributed by atoms with Crippen molar-refractivity contribution in [2.24, 2.45) is 0 Å². The van der Waals surface area contributed by atoms with Crippen molar-refractivity contribution in [3.05, 3.63) is 41.7 Å². The second-order valence-corrected chi connectivity index (χ2v) is 4.11. The highest BCUT2D eigenvalue weighted by atomic mass is 15.4. The van der Waals surface area contributed by atoms with Crippen LogP contribution in [0.3, 0.4) is 0 Å². The molecule has 1 heterocycles. The number of rotatable bonds is 5. The average Bonchev–Trinajstić information content (AvgIpc) is 2.88. The van der Waals surface area contributed by atoms with E-state index in [0.717, 1.165) is 30.8 Å². The van der Waals surface area contributed by atoms with Crippen LogP contribution in [0.4, 0.5) is 5.69 Å². The molecule has 5 heteroatoms. The molecule has 0 saturated heterocycles. The standard InChI is InChI=1S/C13H15N5/c1-11-3-4-12(10-14)13(9-11)15-5-2-7-18-8-6-16-17-18/h3-4,6,8-9,15H,2,5,7H2,1H3. The molecule has 0 bridgehead atoms. The molecule has 5 nitrogen and oxygen atoms in total. The normalized spacial score (nSPS) is 10.0. The number of nitrogens with one attached hydrogen (secondary N) is 1. The van der Waals surface area contributed by atoms with Crippen molar-refractivity contribution in [2.45, 2.75) is 19.9 Å². The summed E-state index contributed by atoms with van der Waals surface area (Å²) in [4.78, 5) is 0. The third kappa shape index (κ3) is 3.08. The third-order valence-corrected chi connectivity index (χ3v) is 2.65. The van der Waals surface area contributed by atoms with Crippen LogP contribution in [0.15, 0.2) is 30.6 Å². The molecule has 0 aliphatic rings. The van der Waals surface area contributed by atoms with Crippen molar-refractivity contribution in [1.29, 1.82) is 5.26 Å². The van der Waals surface area contributed by atoms with Gasteiger partial charge in [-0.3, -0.25) is 4.68 Å². The SMILES string of the molecule is Cc1ccc(C#N)c(NCCCn2ccnn2)c1. The van der Waals surface area contributed by atoms with Gasteiger partial charge < -0.3 is 5.32 Å². The van der Waals surface area contributed by atoms with Gasteiger partial charge in [-0.25, -0.2) is 0 Å². The monoisotopic (exact) mass is 241 g/mol. The van der Waals surface area contributed by atoms with E-state index in [2.05, 4.69) is 21.7 Å². The molecule has 2 rings (SSSR count). The number of benzene rings is 1. The zero-order chi connectivity index (χ0) is 12.8. The Morgan fingerprint density at radius 1 is 1.44 bits per heavy atom. The summed E-state index contributed by atoms with van der Waals surface area (Å²) in [5.41, 5.74) is 2.73. The molecule has 18 heavy (non-hydrogen) atoms. The maximum Gasteiger partial charge on any atom is 0.101 e. The van der Waals surface area contributed by atoms with Crippen molar-refractivity contribution in [3.8, 4) is 6.07 Å². The number of nitrogens with zero attached hydrogens (tertiary/aromatic N) is 4. The number of aryl methyl sites for hydroxylation is 2. The van der Waals surface area contributed by atoms with Gasteiger partial charge in [0.25, 0.3) is 0 Å². The van der Waals surface area contributed by atoms with Crippen LogP contribution in [-0.2, 0) is 6.54 Å². The zero-order valence-electron chi connectivity index (χ0n) is 10.3. The molecule has 0 aliphatic heterocycles. The smallest absolute Gasteiger partial charge is 0.101 e. The second kappa shape index (κ2) is 5.82. The van der Waals surface area contributed by atoms with E-state index in [0.29, 0.717) is 5.56 Å². The van der Waals surface area contributed by atoms with Crippen LogP contribution in [-0.4, -0.2) is 21.5 Å². The molecule has 92 valence electrons. The number of hydrogen-bond acceptors (Lipinski definition) is 4. The maximum absolute atomic E-state index is 9.00. The lowest BCUT2D eigenvalue weighted by atomic mass is 10.1. The van der Waals surface area contributed by atoms with E-state index in [1.165, 1.54) is 0 Å². The largest absolute Gasteiger partial charge is 0.384 e. The number of aromatic nitrogens is 3. The molecule has 0 amide bonds. The molecule has 0 aliphatic carbocycles. The minimum atomic E-state index is 0.682. The molecule has 1 N–H and O–H groups in total. The fourth-order valence-corrected chi connectivity index (χ4v) is 1.72. The summed E-state index contributed by atoms with van der Waals surface area (Å²) in [5, 5.41) is 19.9. The van der Waals surface area contributed by atoms with Crippen LogP contribution < -0.4 is 5.32 Å². The molecule has 1 aromatic carbocycles. The summed E-state index contributed by atoms with van der Waals surface area (Å²) < 4.78 is 1.79. The van der Waals surface area contributed by atoms with Gasteiger partial charge in [-0.1, -0.05) is 11.3 Å². The summed E-state index contributed by atoms with van der Waals surface area (Å²) in [5.74, 6) is 0. The topological polar surface area (TPSA) is 66.5 Å². The summed E-state index contributed by atoms with van der Waals surface area (Å²) in [6.07, 6.45) is 4.44. The van der Waals surface area contributed by atoms with Crippen molar-refractivity contribution in [3.63, 3.8) is 0 Å². The van der Waals surface area contributed by atoms with Gasteiger partial charge in [-0.05, 0) is 31.0 Å². The summed E-state index contributed by atoms with van der Waals surface area (Å²) in [6, 6.07) is 7.97. The Balaban J connectivity index is 1.86. The van der Waals surface area contributed by atoms with Gasteiger partial charge in [-0.2, -0.15) is 5.26 Å². The average molecular weight is 241 g/mol. The first-order valence-electron chi connectivity index (χ1n) is 5.88. The van der Waals surface area contributed by atoms with E-state index in [4.69, 9.17) is 5.26 Å². The Kier molecular flexibility index (Phi) is 3.92. The first-order valence-corrected chi connectivity index (χ1v) is 5.88. The summed E-state index contributed by atoms with van der Waals surface area (Å²) in [7, 11) is 0. The highest BCUT2D eigenvalue weighted by Crippen LogP contribution is 2.16. The molecule has 0 atom stereocenters. The van der Waals surface area contributed by atoms with Crippen LogP contribution in [0.5, 0.6) is 0 Å². The van der Waals surface area contributed by atoms with E-state index in [1.54, 1.807) is 10.9 Å². The minimum absolute atomic E-state index is 0.682. The van der Waals surface area contributed by atoms with Crippen molar-refractivity contribution >= 4 is 5.69 Å². The van der Waals surface area contributed by atoms with Gasteiger partial charge in [-0.15, -0.1) is 5.10 Å². The quantitative estimate of drug-likeness (QED) is 0.813. The van der Waals surface area contributed by atoms with E-state index in [-0.39, 0.29) is 0 Å². The fourth-order valence-electron chi connectivity index (χ4n) is 1.72. The first kappa shape index (κ1) is 12.1. The Labute approximate surface area is 106 Å². The fraction of sp³-hybridized carbons (Fsp3) is 0.308. The number of nitriles is 1. The number of anilines is 1. The minimum Gasteiger partial charge on any atom is -0.384 e. The molecular formula is C13H15N5. The first-order chi connectivity index (χ1) is 8.79. The van der Waals surface area contributed by atoms with Gasteiger partial charge >= 0.3 is 0 Å². The van der Waals surface area contributed by atoms with Crippen molar-refractivity contribution in [1.82, 2.24) is 15.0 Å². The maximum atomic E-state index is 9.00. The van der Waals surface area contributed by atoms with Crippen LogP contribution in [0.2, 0.25) is 0 Å². The van der Waals surface area contributed by atoms with Crippen molar-refractivity contribution in [2.75, 3.05) is 11.9 Å². The van der Waals surface area contributed by atoms with Crippen LogP contribution in [0.1, 0.15) is 17.5 Å². The molecule has 2 aromatic rings. The summed E-state index contributed by atoms with van der Waals surface area (Å²) in [6.45, 7) is 3.64. The van der Waals surface area contributed by atoms with Crippen LogP contribution in [0, 0.1) is 18.3 Å². The second-order valence-electron chi connectivity index (χ2n) is 4.11. The molecule has 0 saturated carbocycles. The Hall–Kier alpha value is -2.35. The molecule has 0 radical (unpaired) electrons. The molecule has 0 unspecified atom stereocenters. The van der Waals surface area contributed by atoms with Gasteiger partial charge in [0.1, 0.15) is 6.07 Å². The molecule has 0 spiro atoms. The van der Waals surface area contributed by atoms with E-state index in [1.807, 2.05) is 31.3 Å². The summed E-state index contributed by atoms with van der Waals surface area (Å²) >= 11 is 0.